The van der Waals surface area contributed by atoms with Crippen LogP contribution in [0.5, 0.6) is 0 Å². The summed E-state index contributed by atoms with van der Waals surface area (Å²) in [5.41, 5.74) is 1.65. The van der Waals surface area contributed by atoms with Crippen LogP contribution in [-0.2, 0) is 0 Å². The van der Waals surface area contributed by atoms with E-state index in [4.69, 9.17) is 0 Å². The summed E-state index contributed by atoms with van der Waals surface area (Å²) in [7, 11) is 1.90. The van der Waals surface area contributed by atoms with Gasteiger partial charge >= 0.3 is 0 Å². The van der Waals surface area contributed by atoms with E-state index >= 15 is 0 Å². The van der Waals surface area contributed by atoms with Gasteiger partial charge in [0.1, 0.15) is 12.0 Å². The second-order valence-electron chi connectivity index (χ2n) is 7.77. The summed E-state index contributed by atoms with van der Waals surface area (Å²) in [6, 6.07) is 15.8. The van der Waals surface area contributed by atoms with Crippen molar-refractivity contribution in [3.63, 3.8) is 0 Å². The Morgan fingerprint density at radius 3 is 2.35 bits per heavy atom. The van der Waals surface area contributed by atoms with Crippen molar-refractivity contribution < 1.29 is 14.6 Å². The van der Waals surface area contributed by atoms with Gasteiger partial charge in [0.25, 0.3) is 0 Å². The molecule has 2 N–H and O–H groups in total. The highest BCUT2D eigenvalue weighted by atomic mass is 79.9. The van der Waals surface area contributed by atoms with Gasteiger partial charge in [-0.05, 0) is 68.9 Å². The number of halogens is 2. The molecule has 168 valence electrons. The molecule has 0 radical (unpaired) electrons. The predicted molar refractivity (Wildman–Crippen MR) is 131 cm³/mol. The summed E-state index contributed by atoms with van der Waals surface area (Å²) in [4.78, 5) is 1.89. The SMILES string of the molecule is C/C=C(Br)\C=C/CCCC(CCC(O)c1ccc(F)cc1)C(O)N(C)c1ccccc1. The van der Waals surface area contributed by atoms with Crippen molar-refractivity contribution in [1.82, 2.24) is 0 Å². The van der Waals surface area contributed by atoms with Crippen LogP contribution in [0.25, 0.3) is 0 Å². The molecule has 0 saturated carbocycles. The molecule has 31 heavy (non-hydrogen) atoms. The highest BCUT2D eigenvalue weighted by Gasteiger charge is 2.24. The van der Waals surface area contributed by atoms with Crippen LogP contribution in [-0.4, -0.2) is 23.5 Å². The van der Waals surface area contributed by atoms with Crippen molar-refractivity contribution in [2.24, 2.45) is 5.92 Å². The number of hydrogen-bond donors (Lipinski definition) is 2. The predicted octanol–water partition coefficient (Wildman–Crippen LogP) is 6.74. The minimum atomic E-state index is -0.678. The number of aliphatic hydroxyl groups excluding tert-OH is 2. The second-order valence-corrected chi connectivity index (χ2v) is 8.69. The van der Waals surface area contributed by atoms with Gasteiger partial charge < -0.3 is 15.1 Å². The lowest BCUT2D eigenvalue weighted by Crippen LogP contribution is -2.38. The maximum Gasteiger partial charge on any atom is 0.129 e. The summed E-state index contributed by atoms with van der Waals surface area (Å²) in [5.74, 6) is -0.315. The highest BCUT2D eigenvalue weighted by Crippen LogP contribution is 2.28. The van der Waals surface area contributed by atoms with E-state index in [0.29, 0.717) is 18.4 Å². The third-order valence-corrected chi connectivity index (χ3v) is 6.27. The Hall–Kier alpha value is -1.95. The number of para-hydroxylation sites is 1. The molecular formula is C26H33BrFNO2. The third-order valence-electron chi connectivity index (χ3n) is 5.55. The lowest BCUT2D eigenvalue weighted by atomic mass is 9.91. The first-order chi connectivity index (χ1) is 14.9. The molecule has 0 aliphatic rings. The zero-order valence-electron chi connectivity index (χ0n) is 18.3. The molecule has 5 heteroatoms. The Bertz CT molecular complexity index is 823. The maximum absolute atomic E-state index is 13.2. The fraction of sp³-hybridized carbons (Fsp3) is 0.385. The Balaban J connectivity index is 2.01. The summed E-state index contributed by atoms with van der Waals surface area (Å²) in [6.45, 7) is 1.98. The molecule has 3 nitrogen and oxygen atoms in total. The van der Waals surface area contributed by atoms with Crippen molar-refractivity contribution >= 4 is 21.6 Å². The molecule has 0 bridgehead atoms. The van der Waals surface area contributed by atoms with E-state index in [0.717, 1.165) is 29.4 Å². The molecular weight excluding hydrogens is 457 g/mol. The van der Waals surface area contributed by atoms with E-state index in [1.807, 2.05) is 61.4 Å². The van der Waals surface area contributed by atoms with Crippen LogP contribution < -0.4 is 4.90 Å². The van der Waals surface area contributed by atoms with Crippen LogP contribution >= 0.6 is 15.9 Å². The van der Waals surface area contributed by atoms with E-state index < -0.39 is 12.3 Å². The third kappa shape index (κ3) is 8.60. The van der Waals surface area contributed by atoms with E-state index in [1.165, 1.54) is 12.1 Å². The van der Waals surface area contributed by atoms with Gasteiger partial charge in [-0.25, -0.2) is 4.39 Å². The number of nitrogens with zero attached hydrogens (tertiary/aromatic N) is 1. The molecule has 0 fully saturated rings. The number of unbranched alkanes of at least 4 members (excludes halogenated alkanes) is 1. The number of allylic oxidation sites excluding steroid dienone is 4. The summed E-state index contributed by atoms with van der Waals surface area (Å²) in [6.07, 6.45) is 8.70. The van der Waals surface area contributed by atoms with Gasteiger partial charge in [0.05, 0.1) is 6.10 Å². The van der Waals surface area contributed by atoms with Crippen molar-refractivity contribution in [3.8, 4) is 0 Å². The van der Waals surface area contributed by atoms with Gasteiger partial charge in [0.2, 0.25) is 0 Å². The van der Waals surface area contributed by atoms with Crippen LogP contribution in [0.2, 0.25) is 0 Å². The monoisotopic (exact) mass is 489 g/mol. The molecule has 2 rings (SSSR count). The van der Waals surface area contributed by atoms with Crippen LogP contribution in [0, 0.1) is 11.7 Å². The topological polar surface area (TPSA) is 43.7 Å². The standard InChI is InChI=1S/C26H33BrFNO2/c1-3-22(27)11-7-4-6-10-21(26(31)29(2)24-12-8-5-9-13-24)16-19-25(30)20-14-17-23(28)18-15-20/h3,5,7-9,11-15,17-18,21,25-26,30-31H,4,6,10,16,19H2,1-2H3/b11-7-,22-3+. The number of aliphatic hydroxyl groups is 2. The minimum Gasteiger partial charge on any atom is -0.388 e. The average molecular weight is 490 g/mol. The van der Waals surface area contributed by atoms with Crippen molar-refractivity contribution in [2.45, 2.75) is 51.4 Å². The Kier molecular flexibility index (Phi) is 11.0. The van der Waals surface area contributed by atoms with Gasteiger partial charge in [-0.3, -0.25) is 0 Å². The Morgan fingerprint density at radius 2 is 1.71 bits per heavy atom. The van der Waals surface area contributed by atoms with Gasteiger partial charge in [-0.1, -0.05) is 64.5 Å². The van der Waals surface area contributed by atoms with E-state index in [2.05, 4.69) is 22.0 Å². The van der Waals surface area contributed by atoms with E-state index in [-0.39, 0.29) is 11.7 Å². The smallest absolute Gasteiger partial charge is 0.129 e. The molecule has 3 unspecified atom stereocenters. The normalized spacial score (nSPS) is 15.1. The number of hydrogen-bond acceptors (Lipinski definition) is 3. The van der Waals surface area contributed by atoms with Crippen LogP contribution in [0.4, 0.5) is 10.1 Å². The van der Waals surface area contributed by atoms with Crippen LogP contribution in [0.3, 0.4) is 0 Å². The summed E-state index contributed by atoms with van der Waals surface area (Å²) < 4.78 is 14.2. The van der Waals surface area contributed by atoms with Gasteiger partial charge in [-0.15, -0.1) is 0 Å². The second kappa shape index (κ2) is 13.5. The van der Waals surface area contributed by atoms with E-state index in [1.54, 1.807) is 12.1 Å². The van der Waals surface area contributed by atoms with Gasteiger partial charge in [-0.2, -0.15) is 0 Å². The van der Waals surface area contributed by atoms with Crippen molar-refractivity contribution in [1.29, 1.82) is 0 Å². The van der Waals surface area contributed by atoms with Gasteiger partial charge in [0.15, 0.2) is 0 Å². The number of rotatable bonds is 12. The van der Waals surface area contributed by atoms with Crippen molar-refractivity contribution in [2.75, 3.05) is 11.9 Å². The molecule has 0 spiro atoms. The largest absolute Gasteiger partial charge is 0.388 e. The lowest BCUT2D eigenvalue weighted by Gasteiger charge is -2.33. The Labute approximate surface area is 194 Å². The first kappa shape index (κ1) is 25.3. The molecule has 0 saturated heterocycles. The maximum atomic E-state index is 13.2. The molecule has 3 atom stereocenters. The molecule has 0 aliphatic carbocycles. The summed E-state index contributed by atoms with van der Waals surface area (Å²) >= 11 is 3.47. The first-order valence-electron chi connectivity index (χ1n) is 10.8. The minimum absolute atomic E-state index is 0.00105. The molecule has 0 heterocycles. The zero-order valence-corrected chi connectivity index (χ0v) is 19.9. The molecule has 2 aromatic rings. The van der Waals surface area contributed by atoms with Crippen molar-refractivity contribution in [3.05, 3.63) is 88.7 Å². The first-order valence-corrected chi connectivity index (χ1v) is 11.6. The quantitative estimate of drug-likeness (QED) is 0.197. The Morgan fingerprint density at radius 1 is 1.03 bits per heavy atom. The van der Waals surface area contributed by atoms with Crippen LogP contribution in [0.15, 0.2) is 77.3 Å². The molecule has 0 aromatic heterocycles. The van der Waals surface area contributed by atoms with Gasteiger partial charge in [0, 0.05) is 23.1 Å². The average Bonchev–Trinajstić information content (AvgIpc) is 2.80. The molecule has 2 aromatic carbocycles. The number of anilines is 1. The fourth-order valence-electron chi connectivity index (χ4n) is 3.59. The summed E-state index contributed by atoms with van der Waals surface area (Å²) in [5, 5.41) is 21.6. The fourth-order valence-corrected chi connectivity index (χ4v) is 3.78. The molecule has 0 amide bonds. The zero-order chi connectivity index (χ0) is 22.6. The molecule has 0 aliphatic heterocycles. The highest BCUT2D eigenvalue weighted by molar-refractivity contribution is 9.11. The number of benzene rings is 2. The van der Waals surface area contributed by atoms with Crippen LogP contribution in [0.1, 0.15) is 50.7 Å². The van der Waals surface area contributed by atoms with E-state index in [9.17, 15) is 14.6 Å². The lowest BCUT2D eigenvalue weighted by molar-refractivity contribution is 0.0801.